The van der Waals surface area contributed by atoms with E-state index in [0.717, 1.165) is 42.9 Å². The molecule has 0 bridgehead atoms. The fourth-order valence-corrected chi connectivity index (χ4v) is 3.10. The minimum absolute atomic E-state index is 0.0209. The molecule has 3 rings (SSSR count). The summed E-state index contributed by atoms with van der Waals surface area (Å²) in [6, 6.07) is 15.4. The maximum absolute atomic E-state index is 12.4. The van der Waals surface area contributed by atoms with Gasteiger partial charge in [0.1, 0.15) is 5.75 Å². The normalized spacial score (nSPS) is 15.4. The zero-order valence-corrected chi connectivity index (χ0v) is 15.1. The van der Waals surface area contributed by atoms with Gasteiger partial charge in [0, 0.05) is 24.3 Å². The summed E-state index contributed by atoms with van der Waals surface area (Å²) in [5, 5.41) is 9.60. The van der Waals surface area contributed by atoms with Crippen molar-refractivity contribution in [3.8, 4) is 5.75 Å². The highest BCUT2D eigenvalue weighted by Crippen LogP contribution is 2.21. The van der Waals surface area contributed by atoms with E-state index >= 15 is 0 Å². The van der Waals surface area contributed by atoms with Crippen molar-refractivity contribution in [2.24, 2.45) is 0 Å². The minimum Gasteiger partial charge on any atom is -0.494 e. The lowest BCUT2D eigenvalue weighted by molar-refractivity contribution is 0.104. The van der Waals surface area contributed by atoms with Gasteiger partial charge < -0.3 is 14.7 Å². The Hall–Kier alpha value is -2.59. The molecular weight excluding hydrogens is 326 g/mol. The molecule has 0 spiro atoms. The number of aliphatic hydroxyl groups excluding tert-OH is 1. The number of rotatable bonds is 6. The zero-order valence-electron chi connectivity index (χ0n) is 15.1. The van der Waals surface area contributed by atoms with Crippen LogP contribution in [0.2, 0.25) is 0 Å². The number of carbonyl (C=O) groups is 1. The van der Waals surface area contributed by atoms with Gasteiger partial charge in [-0.05, 0) is 67.8 Å². The van der Waals surface area contributed by atoms with Crippen LogP contribution in [0.25, 0.3) is 6.08 Å². The molecule has 2 aromatic carbocycles. The quantitative estimate of drug-likeness (QED) is 0.633. The van der Waals surface area contributed by atoms with Gasteiger partial charge in [0.25, 0.3) is 0 Å². The molecule has 1 aliphatic heterocycles. The zero-order chi connectivity index (χ0) is 18.4. The van der Waals surface area contributed by atoms with Crippen molar-refractivity contribution in [3.63, 3.8) is 0 Å². The topological polar surface area (TPSA) is 49.8 Å². The summed E-state index contributed by atoms with van der Waals surface area (Å²) in [6.07, 6.45) is 4.81. The van der Waals surface area contributed by atoms with Crippen LogP contribution in [0.15, 0.2) is 54.6 Å². The fourth-order valence-electron chi connectivity index (χ4n) is 3.10. The number of carbonyl (C=O) groups excluding carboxylic acids is 1. The van der Waals surface area contributed by atoms with Crippen LogP contribution in [0.5, 0.6) is 5.75 Å². The second-order valence-electron chi connectivity index (χ2n) is 6.47. The van der Waals surface area contributed by atoms with Crippen molar-refractivity contribution in [1.82, 2.24) is 0 Å². The van der Waals surface area contributed by atoms with Gasteiger partial charge in [-0.3, -0.25) is 4.79 Å². The minimum atomic E-state index is -0.182. The Labute approximate surface area is 154 Å². The third kappa shape index (κ3) is 4.73. The standard InChI is InChI=1S/C22H25NO3/c1-2-26-21-5-3-4-17(16-21)6-11-22(25)18-7-9-19(10-8-18)23-14-12-20(24)13-15-23/h3-11,16,20,24H,2,12-15H2,1H3. The Kier molecular flexibility index (Phi) is 6.08. The van der Waals surface area contributed by atoms with Crippen LogP contribution >= 0.6 is 0 Å². The number of nitrogens with zero attached hydrogens (tertiary/aromatic N) is 1. The molecule has 0 radical (unpaired) electrons. The maximum atomic E-state index is 12.4. The summed E-state index contributed by atoms with van der Waals surface area (Å²) in [6.45, 7) is 4.27. The highest BCUT2D eigenvalue weighted by atomic mass is 16.5. The summed E-state index contributed by atoms with van der Waals surface area (Å²) in [7, 11) is 0. The van der Waals surface area contributed by atoms with Crippen LogP contribution in [-0.4, -0.2) is 36.7 Å². The molecule has 0 saturated carbocycles. The van der Waals surface area contributed by atoms with Crippen LogP contribution in [0, 0.1) is 0 Å². The van der Waals surface area contributed by atoms with Gasteiger partial charge in [-0.15, -0.1) is 0 Å². The number of aliphatic hydroxyl groups is 1. The molecule has 4 nitrogen and oxygen atoms in total. The molecule has 0 aromatic heterocycles. The Morgan fingerprint density at radius 1 is 1.19 bits per heavy atom. The first-order chi connectivity index (χ1) is 12.7. The fraction of sp³-hybridized carbons (Fsp3) is 0.318. The van der Waals surface area contributed by atoms with E-state index in [2.05, 4.69) is 4.90 Å². The van der Waals surface area contributed by atoms with Crippen molar-refractivity contribution in [2.45, 2.75) is 25.9 Å². The molecule has 26 heavy (non-hydrogen) atoms. The van der Waals surface area contributed by atoms with Crippen LogP contribution in [0.3, 0.4) is 0 Å². The summed E-state index contributed by atoms with van der Waals surface area (Å²) < 4.78 is 5.48. The van der Waals surface area contributed by atoms with E-state index in [1.807, 2.05) is 61.5 Å². The lowest BCUT2D eigenvalue weighted by atomic mass is 10.1. The molecule has 1 fully saturated rings. The highest BCUT2D eigenvalue weighted by Gasteiger charge is 2.17. The molecule has 1 saturated heterocycles. The van der Waals surface area contributed by atoms with Crippen molar-refractivity contribution in [1.29, 1.82) is 0 Å². The highest BCUT2D eigenvalue weighted by molar-refractivity contribution is 6.07. The van der Waals surface area contributed by atoms with E-state index in [9.17, 15) is 9.90 Å². The predicted molar refractivity (Wildman–Crippen MR) is 105 cm³/mol. The number of hydrogen-bond acceptors (Lipinski definition) is 4. The van der Waals surface area contributed by atoms with E-state index in [1.165, 1.54) is 0 Å². The molecular formula is C22H25NO3. The van der Waals surface area contributed by atoms with Crippen LogP contribution in [-0.2, 0) is 0 Å². The smallest absolute Gasteiger partial charge is 0.185 e. The molecule has 1 heterocycles. The third-order valence-electron chi connectivity index (χ3n) is 4.58. The molecule has 0 unspecified atom stereocenters. The molecule has 2 aromatic rings. The molecule has 0 atom stereocenters. The van der Waals surface area contributed by atoms with E-state index in [1.54, 1.807) is 6.08 Å². The summed E-state index contributed by atoms with van der Waals surface area (Å²) in [4.78, 5) is 14.6. The second kappa shape index (κ2) is 8.68. The third-order valence-corrected chi connectivity index (χ3v) is 4.58. The number of anilines is 1. The average Bonchev–Trinajstić information content (AvgIpc) is 2.67. The van der Waals surface area contributed by atoms with Crippen LogP contribution in [0.1, 0.15) is 35.7 Å². The maximum Gasteiger partial charge on any atom is 0.185 e. The van der Waals surface area contributed by atoms with Gasteiger partial charge in [-0.25, -0.2) is 0 Å². The van der Waals surface area contributed by atoms with Crippen molar-refractivity contribution in [3.05, 3.63) is 65.7 Å². The summed E-state index contributed by atoms with van der Waals surface area (Å²) in [5.41, 5.74) is 2.71. The van der Waals surface area contributed by atoms with E-state index in [-0.39, 0.29) is 11.9 Å². The van der Waals surface area contributed by atoms with Crippen molar-refractivity contribution in [2.75, 3.05) is 24.6 Å². The SMILES string of the molecule is CCOc1cccc(C=CC(=O)c2ccc(N3CCC(O)CC3)cc2)c1. The molecule has 1 aliphatic rings. The van der Waals surface area contributed by atoms with Gasteiger partial charge in [0.2, 0.25) is 0 Å². The number of ketones is 1. The molecule has 136 valence electrons. The second-order valence-corrected chi connectivity index (χ2v) is 6.47. The Morgan fingerprint density at radius 2 is 1.92 bits per heavy atom. The number of ether oxygens (including phenoxy) is 1. The lowest BCUT2D eigenvalue weighted by Crippen LogP contribution is -2.35. The molecule has 1 N–H and O–H groups in total. The largest absolute Gasteiger partial charge is 0.494 e. The van der Waals surface area contributed by atoms with Crippen LogP contribution in [0.4, 0.5) is 5.69 Å². The number of benzene rings is 2. The first-order valence-electron chi connectivity index (χ1n) is 9.14. The van der Waals surface area contributed by atoms with E-state index in [4.69, 9.17) is 4.74 Å². The number of hydrogen-bond donors (Lipinski definition) is 1. The summed E-state index contributed by atoms with van der Waals surface area (Å²) in [5.74, 6) is 0.783. The Morgan fingerprint density at radius 3 is 2.62 bits per heavy atom. The molecule has 4 heteroatoms. The monoisotopic (exact) mass is 351 g/mol. The Bertz CT molecular complexity index is 759. The van der Waals surface area contributed by atoms with Gasteiger partial charge in [0.05, 0.1) is 12.7 Å². The van der Waals surface area contributed by atoms with Crippen molar-refractivity contribution < 1.29 is 14.6 Å². The molecule has 0 amide bonds. The molecule has 0 aliphatic carbocycles. The number of piperidine rings is 1. The number of allylic oxidation sites excluding steroid dienone is 1. The Balaban J connectivity index is 1.63. The van der Waals surface area contributed by atoms with Gasteiger partial charge in [0.15, 0.2) is 5.78 Å². The predicted octanol–water partition coefficient (Wildman–Crippen LogP) is 3.94. The first kappa shape index (κ1) is 18.2. The average molecular weight is 351 g/mol. The first-order valence-corrected chi connectivity index (χ1v) is 9.14. The van der Waals surface area contributed by atoms with Crippen LogP contribution < -0.4 is 9.64 Å². The van der Waals surface area contributed by atoms with E-state index in [0.29, 0.717) is 12.2 Å². The van der Waals surface area contributed by atoms with Gasteiger partial charge >= 0.3 is 0 Å². The van der Waals surface area contributed by atoms with E-state index < -0.39 is 0 Å². The van der Waals surface area contributed by atoms with Gasteiger partial charge in [-0.2, -0.15) is 0 Å². The lowest BCUT2D eigenvalue weighted by Gasteiger charge is -2.31. The van der Waals surface area contributed by atoms with Gasteiger partial charge in [-0.1, -0.05) is 18.2 Å². The van der Waals surface area contributed by atoms with Crippen molar-refractivity contribution >= 4 is 17.5 Å². The summed E-state index contributed by atoms with van der Waals surface area (Å²) >= 11 is 0.